The van der Waals surface area contributed by atoms with Gasteiger partial charge in [-0.3, -0.25) is 4.79 Å². The molecule has 0 spiro atoms. The summed E-state index contributed by atoms with van der Waals surface area (Å²) in [5.74, 6) is -0.234. The van der Waals surface area contributed by atoms with Gasteiger partial charge in [0.1, 0.15) is 73.2 Å². The normalized spacial score (nSPS) is 27.8. The summed E-state index contributed by atoms with van der Waals surface area (Å²) in [7, 11) is 0. The summed E-state index contributed by atoms with van der Waals surface area (Å²) >= 11 is 0. The Balaban J connectivity index is 1.40. The molecular weight excluding hydrogens is 1170 g/mol. The van der Waals surface area contributed by atoms with Crippen molar-refractivity contribution in [3.05, 3.63) is 0 Å². The van der Waals surface area contributed by atoms with Crippen LogP contribution in [0.4, 0.5) is 0 Å². The van der Waals surface area contributed by atoms with Crippen molar-refractivity contribution < 1.29 is 89.4 Å². The van der Waals surface area contributed by atoms with Crippen molar-refractivity contribution in [3.8, 4) is 0 Å². The van der Waals surface area contributed by atoms with Gasteiger partial charge >= 0.3 is 0 Å². The SMILES string of the molecule is CCCCCCCCCCCCCCCCCCCCCCCCCCC(O)C(COC1OC(CO)C(OC2OC(CO)C(OC3OC(CO)C(O)C(O)C3O)C(O)C2O)C(O)C1O)NC(=O)CCCCCCCCCCCCCCCCCCCCCCCC. The van der Waals surface area contributed by atoms with Crippen molar-refractivity contribution in [3.63, 3.8) is 0 Å². The van der Waals surface area contributed by atoms with Gasteiger partial charge in [0.25, 0.3) is 0 Å². The molecule has 540 valence electrons. The van der Waals surface area contributed by atoms with E-state index in [0.717, 1.165) is 44.9 Å². The number of aliphatic hydroxyl groups is 11. The van der Waals surface area contributed by atoms with Crippen molar-refractivity contribution in [2.24, 2.45) is 0 Å². The maximum absolute atomic E-state index is 13.5. The summed E-state index contributed by atoms with van der Waals surface area (Å²) in [6.45, 7) is 1.86. The van der Waals surface area contributed by atoms with E-state index in [2.05, 4.69) is 19.2 Å². The Morgan fingerprint density at radius 1 is 0.352 bits per heavy atom. The van der Waals surface area contributed by atoms with E-state index in [1.807, 2.05) is 0 Å². The maximum Gasteiger partial charge on any atom is 0.220 e. The minimum atomic E-state index is -1.97. The van der Waals surface area contributed by atoms with Crippen LogP contribution < -0.4 is 5.32 Å². The summed E-state index contributed by atoms with van der Waals surface area (Å²) < 4.78 is 34.5. The van der Waals surface area contributed by atoms with Crippen LogP contribution in [0.5, 0.6) is 0 Å². The third-order valence-corrected chi connectivity index (χ3v) is 19.4. The second-order valence-electron chi connectivity index (χ2n) is 27.5. The molecule has 0 aromatic rings. The Hall–Kier alpha value is -1.21. The number of ether oxygens (including phenoxy) is 6. The molecule has 3 fully saturated rings. The molecule has 0 saturated carbocycles. The molecule has 3 heterocycles. The van der Waals surface area contributed by atoms with Crippen LogP contribution in [0.3, 0.4) is 0 Å². The molecule has 3 aliphatic heterocycles. The van der Waals surface area contributed by atoms with E-state index in [1.54, 1.807) is 0 Å². The minimum absolute atomic E-state index is 0.234. The van der Waals surface area contributed by atoms with Crippen LogP contribution in [-0.2, 0) is 33.2 Å². The average molecular weight is 1310 g/mol. The van der Waals surface area contributed by atoms with Crippen LogP contribution in [0.2, 0.25) is 0 Å². The highest BCUT2D eigenvalue weighted by Gasteiger charge is 2.53. The highest BCUT2D eigenvalue weighted by atomic mass is 16.8. The predicted molar refractivity (Wildman–Crippen MR) is 356 cm³/mol. The number of unbranched alkanes of at least 4 members (excludes halogenated alkanes) is 44. The summed E-state index contributed by atoms with van der Waals surface area (Å²) in [5, 5.41) is 121. The summed E-state index contributed by atoms with van der Waals surface area (Å²) in [5.41, 5.74) is 0. The average Bonchev–Trinajstić information content (AvgIpc) is 0.884. The van der Waals surface area contributed by atoms with E-state index in [9.17, 15) is 61.0 Å². The van der Waals surface area contributed by atoms with Crippen LogP contribution in [0.25, 0.3) is 0 Å². The number of amides is 1. The molecule has 19 heteroatoms. The van der Waals surface area contributed by atoms with Gasteiger partial charge in [0, 0.05) is 6.42 Å². The number of hydrogen-bond acceptors (Lipinski definition) is 18. The van der Waals surface area contributed by atoms with Gasteiger partial charge in [0.2, 0.25) is 5.91 Å². The number of hydrogen-bond donors (Lipinski definition) is 12. The molecule has 0 aromatic heterocycles. The standard InChI is InChI=1S/C72H139NO18/c1-3-5-7-9-11-13-15-17-19-21-23-25-27-28-29-31-33-35-37-39-41-43-45-47-49-56(77)55(73-60(78)50-48-46-44-42-40-38-36-34-32-30-26-24-22-20-18-16-14-12-10-8-6-4-2)54-86-70-66(84)63(81)68(58(52-75)88-70)91-72-67(85)64(82)69(59(53-76)89-72)90-71-65(83)62(80)61(79)57(51-74)87-71/h55-59,61-72,74-77,79-85H,3-54H2,1-2H3,(H,73,78). The zero-order valence-corrected chi connectivity index (χ0v) is 57.4. The van der Waals surface area contributed by atoms with Gasteiger partial charge in [-0.2, -0.15) is 0 Å². The van der Waals surface area contributed by atoms with E-state index >= 15 is 0 Å². The third-order valence-electron chi connectivity index (χ3n) is 19.4. The molecule has 91 heavy (non-hydrogen) atoms. The number of nitrogens with one attached hydrogen (secondary N) is 1. The van der Waals surface area contributed by atoms with Crippen molar-refractivity contribution in [1.82, 2.24) is 5.32 Å². The lowest BCUT2D eigenvalue weighted by molar-refractivity contribution is -0.379. The number of rotatable bonds is 60. The Morgan fingerprint density at radius 2 is 0.626 bits per heavy atom. The first-order valence-corrected chi connectivity index (χ1v) is 37.8. The van der Waals surface area contributed by atoms with Crippen LogP contribution in [0.1, 0.15) is 322 Å². The van der Waals surface area contributed by atoms with Gasteiger partial charge in [-0.15, -0.1) is 0 Å². The molecule has 0 radical (unpaired) electrons. The van der Waals surface area contributed by atoms with Gasteiger partial charge < -0.3 is 89.9 Å². The van der Waals surface area contributed by atoms with Gasteiger partial charge in [0.05, 0.1) is 38.6 Å². The van der Waals surface area contributed by atoms with Crippen LogP contribution >= 0.6 is 0 Å². The maximum atomic E-state index is 13.5. The lowest BCUT2D eigenvalue weighted by Gasteiger charge is -2.48. The fourth-order valence-corrected chi connectivity index (χ4v) is 13.3. The molecule has 3 rings (SSSR count). The molecule has 0 aromatic carbocycles. The largest absolute Gasteiger partial charge is 0.394 e. The van der Waals surface area contributed by atoms with E-state index in [0.29, 0.717) is 12.8 Å². The highest BCUT2D eigenvalue weighted by Crippen LogP contribution is 2.33. The van der Waals surface area contributed by atoms with Gasteiger partial charge in [0.15, 0.2) is 18.9 Å². The minimum Gasteiger partial charge on any atom is -0.394 e. The molecule has 3 saturated heterocycles. The molecular formula is C72H139NO18. The molecule has 1 amide bonds. The fourth-order valence-electron chi connectivity index (χ4n) is 13.3. The van der Waals surface area contributed by atoms with E-state index in [1.165, 1.54) is 244 Å². The predicted octanol–water partition coefficient (Wildman–Crippen LogP) is 11.1. The van der Waals surface area contributed by atoms with Crippen molar-refractivity contribution in [2.75, 3.05) is 26.4 Å². The van der Waals surface area contributed by atoms with E-state index in [4.69, 9.17) is 28.4 Å². The third kappa shape index (κ3) is 36.3. The molecule has 19 nitrogen and oxygen atoms in total. The zero-order valence-electron chi connectivity index (χ0n) is 57.4. The van der Waals surface area contributed by atoms with Gasteiger partial charge in [-0.05, 0) is 12.8 Å². The Labute approximate surface area is 551 Å². The monoisotopic (exact) mass is 1310 g/mol. The molecule has 3 aliphatic rings. The number of carbonyl (C=O) groups is 1. The van der Waals surface area contributed by atoms with E-state index < -0.39 is 124 Å². The summed E-state index contributed by atoms with van der Waals surface area (Å²) in [4.78, 5) is 13.5. The van der Waals surface area contributed by atoms with Crippen LogP contribution in [0.15, 0.2) is 0 Å². The lowest BCUT2D eigenvalue weighted by Crippen LogP contribution is -2.66. The van der Waals surface area contributed by atoms with Crippen molar-refractivity contribution >= 4 is 5.91 Å². The molecule has 17 atom stereocenters. The topological polar surface area (TPSA) is 307 Å². The molecule has 12 N–H and O–H groups in total. The second-order valence-corrected chi connectivity index (χ2v) is 27.5. The second kappa shape index (κ2) is 54.8. The Kier molecular flexibility index (Phi) is 50.6. The van der Waals surface area contributed by atoms with Crippen molar-refractivity contribution in [1.29, 1.82) is 0 Å². The van der Waals surface area contributed by atoms with Crippen LogP contribution in [0, 0.1) is 0 Å². The Bertz CT molecular complexity index is 1650. The quantitative estimate of drug-likeness (QED) is 0.0252. The smallest absolute Gasteiger partial charge is 0.220 e. The van der Waals surface area contributed by atoms with E-state index in [-0.39, 0.29) is 18.9 Å². The van der Waals surface area contributed by atoms with Crippen LogP contribution in [-0.4, -0.2) is 193 Å². The molecule has 0 aliphatic carbocycles. The first kappa shape index (κ1) is 84.0. The molecule has 0 bridgehead atoms. The van der Waals surface area contributed by atoms with Gasteiger partial charge in [-0.1, -0.05) is 303 Å². The highest BCUT2D eigenvalue weighted by molar-refractivity contribution is 5.76. The fraction of sp³-hybridized carbons (Fsp3) is 0.986. The molecule has 17 unspecified atom stereocenters. The lowest BCUT2D eigenvalue weighted by atomic mass is 9.96. The number of carbonyl (C=O) groups excluding carboxylic acids is 1. The first-order valence-electron chi connectivity index (χ1n) is 37.8. The zero-order chi connectivity index (χ0) is 66.1. The number of aliphatic hydroxyl groups excluding tert-OH is 11. The summed E-state index contributed by atoms with van der Waals surface area (Å²) in [6, 6.07) is -0.882. The van der Waals surface area contributed by atoms with Gasteiger partial charge in [-0.25, -0.2) is 0 Å². The first-order chi connectivity index (χ1) is 44.3. The van der Waals surface area contributed by atoms with Crippen molar-refractivity contribution in [2.45, 2.75) is 426 Å². The Morgan fingerprint density at radius 3 is 0.956 bits per heavy atom. The summed E-state index contributed by atoms with van der Waals surface area (Å²) in [6.07, 6.45) is 33.2.